The highest BCUT2D eigenvalue weighted by Crippen LogP contribution is 2.40. The predicted octanol–water partition coefficient (Wildman–Crippen LogP) is 5.34. The van der Waals surface area contributed by atoms with E-state index in [1.54, 1.807) is 24.1 Å². The Morgan fingerprint density at radius 3 is 2.42 bits per heavy atom. The monoisotopic (exact) mass is 485 g/mol. The molecule has 1 atom stereocenters. The third kappa shape index (κ3) is 4.75. The van der Waals surface area contributed by atoms with E-state index in [1.807, 2.05) is 37.3 Å². The van der Waals surface area contributed by atoms with Gasteiger partial charge in [0.1, 0.15) is 5.76 Å². The molecule has 3 rings (SSSR count). The van der Waals surface area contributed by atoms with Crippen molar-refractivity contribution in [2.75, 3.05) is 20.3 Å². The zero-order valence-corrected chi connectivity index (χ0v) is 19.9. The highest BCUT2D eigenvalue weighted by molar-refractivity contribution is 9.10. The van der Waals surface area contributed by atoms with Crippen LogP contribution in [0.1, 0.15) is 54.5 Å². The summed E-state index contributed by atoms with van der Waals surface area (Å²) < 4.78 is 6.03. The number of benzene rings is 2. The molecule has 1 fully saturated rings. The number of aliphatic hydroxyl groups is 1. The topological polar surface area (TPSA) is 66.8 Å². The number of aryl methyl sites for hydroxylation is 1. The summed E-state index contributed by atoms with van der Waals surface area (Å²) in [5.41, 5.74) is 3.54. The number of methoxy groups -OCH3 is 1. The second-order valence-corrected chi connectivity index (χ2v) is 8.98. The van der Waals surface area contributed by atoms with Crippen LogP contribution in [0.5, 0.6) is 0 Å². The van der Waals surface area contributed by atoms with E-state index in [-0.39, 0.29) is 11.3 Å². The van der Waals surface area contributed by atoms with Crippen molar-refractivity contribution in [2.24, 2.45) is 0 Å². The fraction of sp³-hybridized carbons (Fsp3) is 0.360. The number of carbonyl (C=O) groups is 2. The number of aliphatic hydroxyl groups excluding tert-OH is 1. The minimum absolute atomic E-state index is 0.126. The molecule has 5 nitrogen and oxygen atoms in total. The SMILES string of the molecule is COCCCN1C(=O)C(=O)/C(=C(\O)c2ccc(Br)c(C)c2)C1c1ccc(C(C)C)cc1. The zero-order valence-electron chi connectivity index (χ0n) is 18.3. The molecular weight excluding hydrogens is 458 g/mol. The van der Waals surface area contributed by atoms with Gasteiger partial charge in [0.25, 0.3) is 11.7 Å². The van der Waals surface area contributed by atoms with Crippen LogP contribution in [0.2, 0.25) is 0 Å². The smallest absolute Gasteiger partial charge is 0.295 e. The Labute approximate surface area is 191 Å². The van der Waals surface area contributed by atoms with E-state index in [2.05, 4.69) is 29.8 Å². The lowest BCUT2D eigenvalue weighted by molar-refractivity contribution is -0.140. The van der Waals surface area contributed by atoms with Gasteiger partial charge in [0.15, 0.2) is 0 Å². The molecule has 1 unspecified atom stereocenters. The third-order valence-corrected chi connectivity index (χ3v) is 6.53. The molecule has 2 aromatic carbocycles. The second-order valence-electron chi connectivity index (χ2n) is 8.12. The van der Waals surface area contributed by atoms with Gasteiger partial charge in [0, 0.05) is 30.3 Å². The summed E-state index contributed by atoms with van der Waals surface area (Å²) >= 11 is 3.46. The fourth-order valence-electron chi connectivity index (χ4n) is 3.85. The number of ketones is 1. The van der Waals surface area contributed by atoms with E-state index >= 15 is 0 Å². The maximum absolute atomic E-state index is 13.0. The molecule has 0 saturated carbocycles. The first-order valence-electron chi connectivity index (χ1n) is 10.4. The van der Waals surface area contributed by atoms with Gasteiger partial charge in [-0.1, -0.05) is 60.1 Å². The standard InChI is InChI=1S/C25H28BrNO4/c1-15(2)17-6-8-18(9-7-17)22-21(23(28)19-10-11-20(26)16(3)14-19)24(29)25(30)27(22)12-5-13-31-4/h6-11,14-15,22,28H,5,12-13H2,1-4H3/b23-21-. The summed E-state index contributed by atoms with van der Waals surface area (Å²) in [7, 11) is 1.60. The molecule has 0 aromatic heterocycles. The Morgan fingerprint density at radius 2 is 1.84 bits per heavy atom. The Kier molecular flexibility index (Phi) is 7.34. The fourth-order valence-corrected chi connectivity index (χ4v) is 4.09. The van der Waals surface area contributed by atoms with Crippen LogP contribution in [0.4, 0.5) is 0 Å². The van der Waals surface area contributed by atoms with Crippen LogP contribution in [0.3, 0.4) is 0 Å². The van der Waals surface area contributed by atoms with Gasteiger partial charge in [0.2, 0.25) is 0 Å². The molecule has 0 aliphatic carbocycles. The summed E-state index contributed by atoms with van der Waals surface area (Å²) in [5.74, 6) is -1.04. The molecule has 1 amide bonds. The second kappa shape index (κ2) is 9.79. The van der Waals surface area contributed by atoms with Gasteiger partial charge in [-0.15, -0.1) is 0 Å². The van der Waals surface area contributed by atoms with E-state index in [0.717, 1.165) is 15.6 Å². The third-order valence-electron chi connectivity index (χ3n) is 5.64. The summed E-state index contributed by atoms with van der Waals surface area (Å²) in [6.45, 7) is 6.98. The van der Waals surface area contributed by atoms with E-state index in [1.165, 1.54) is 5.56 Å². The molecule has 1 aliphatic heterocycles. The maximum atomic E-state index is 13.0. The van der Waals surface area contributed by atoms with Gasteiger partial charge in [-0.25, -0.2) is 0 Å². The normalized spacial score (nSPS) is 18.3. The first kappa shape index (κ1) is 23.2. The number of halogens is 1. The molecule has 31 heavy (non-hydrogen) atoms. The lowest BCUT2D eigenvalue weighted by Crippen LogP contribution is -2.31. The molecule has 1 saturated heterocycles. The molecule has 0 bridgehead atoms. The van der Waals surface area contributed by atoms with Crippen molar-refractivity contribution in [3.05, 3.63) is 74.8 Å². The van der Waals surface area contributed by atoms with Crippen molar-refractivity contribution in [2.45, 2.75) is 39.2 Å². The summed E-state index contributed by atoms with van der Waals surface area (Å²) in [5, 5.41) is 11.1. The van der Waals surface area contributed by atoms with E-state index in [0.29, 0.717) is 31.1 Å². The first-order chi connectivity index (χ1) is 14.8. The Balaban J connectivity index is 2.12. The number of hydrogen-bond donors (Lipinski definition) is 1. The maximum Gasteiger partial charge on any atom is 0.295 e. The van der Waals surface area contributed by atoms with Crippen LogP contribution in [0, 0.1) is 6.92 Å². The molecule has 1 heterocycles. The van der Waals surface area contributed by atoms with Crippen LogP contribution in [0.15, 0.2) is 52.5 Å². The number of amides is 1. The lowest BCUT2D eigenvalue weighted by Gasteiger charge is -2.25. The zero-order chi connectivity index (χ0) is 22.7. The van der Waals surface area contributed by atoms with Crippen molar-refractivity contribution in [3.63, 3.8) is 0 Å². The van der Waals surface area contributed by atoms with E-state index in [4.69, 9.17) is 4.74 Å². The van der Waals surface area contributed by atoms with Crippen LogP contribution < -0.4 is 0 Å². The van der Waals surface area contributed by atoms with Crippen molar-refractivity contribution in [1.82, 2.24) is 4.90 Å². The number of rotatable bonds is 7. The average molecular weight is 486 g/mol. The number of Topliss-reactive ketones (excluding diaryl/α,β-unsaturated/α-hetero) is 1. The average Bonchev–Trinajstić information content (AvgIpc) is 3.00. The van der Waals surface area contributed by atoms with Crippen LogP contribution in [0.25, 0.3) is 5.76 Å². The van der Waals surface area contributed by atoms with Gasteiger partial charge in [-0.05, 0) is 48.1 Å². The lowest BCUT2D eigenvalue weighted by atomic mass is 9.93. The number of ether oxygens (including phenoxy) is 1. The van der Waals surface area contributed by atoms with Crippen LogP contribution >= 0.6 is 15.9 Å². The minimum atomic E-state index is -0.659. The largest absolute Gasteiger partial charge is 0.507 e. The molecule has 6 heteroatoms. The Bertz CT molecular complexity index is 1010. The predicted molar refractivity (Wildman–Crippen MR) is 125 cm³/mol. The van der Waals surface area contributed by atoms with Gasteiger partial charge in [-0.3, -0.25) is 9.59 Å². The highest BCUT2D eigenvalue weighted by atomic mass is 79.9. The van der Waals surface area contributed by atoms with Crippen molar-refractivity contribution >= 4 is 33.4 Å². The quantitative estimate of drug-likeness (QED) is 0.248. The minimum Gasteiger partial charge on any atom is -0.507 e. The van der Waals surface area contributed by atoms with Crippen LogP contribution in [-0.2, 0) is 14.3 Å². The molecule has 0 radical (unpaired) electrons. The number of likely N-dealkylation sites (tertiary alicyclic amines) is 1. The molecule has 1 N–H and O–H groups in total. The summed E-state index contributed by atoms with van der Waals surface area (Å²) in [6, 6.07) is 12.6. The van der Waals surface area contributed by atoms with Gasteiger partial charge < -0.3 is 14.7 Å². The number of carbonyl (C=O) groups excluding carboxylic acids is 2. The van der Waals surface area contributed by atoms with Gasteiger partial charge >= 0.3 is 0 Å². The van der Waals surface area contributed by atoms with Gasteiger partial charge in [0.05, 0.1) is 11.6 Å². The molecule has 0 spiro atoms. The number of nitrogens with zero attached hydrogens (tertiary/aromatic N) is 1. The van der Waals surface area contributed by atoms with Crippen LogP contribution in [-0.4, -0.2) is 42.0 Å². The van der Waals surface area contributed by atoms with E-state index in [9.17, 15) is 14.7 Å². The van der Waals surface area contributed by atoms with Gasteiger partial charge in [-0.2, -0.15) is 0 Å². The Hall–Kier alpha value is -2.44. The van der Waals surface area contributed by atoms with Crippen molar-refractivity contribution < 1.29 is 19.4 Å². The summed E-state index contributed by atoms with van der Waals surface area (Å²) in [4.78, 5) is 27.5. The summed E-state index contributed by atoms with van der Waals surface area (Å²) in [6.07, 6.45) is 0.599. The molecule has 164 valence electrons. The molecule has 1 aliphatic rings. The Morgan fingerprint density at radius 1 is 1.16 bits per heavy atom. The first-order valence-corrected chi connectivity index (χ1v) is 11.2. The van der Waals surface area contributed by atoms with Crippen molar-refractivity contribution in [3.8, 4) is 0 Å². The molecular formula is C25H28BrNO4. The number of hydrogen-bond acceptors (Lipinski definition) is 4. The van der Waals surface area contributed by atoms with Crippen molar-refractivity contribution in [1.29, 1.82) is 0 Å². The highest BCUT2D eigenvalue weighted by Gasteiger charge is 2.45. The van der Waals surface area contributed by atoms with E-state index < -0.39 is 17.7 Å². The molecule has 2 aromatic rings.